The summed E-state index contributed by atoms with van der Waals surface area (Å²) in [5.74, 6) is 1.51. The molecule has 1 atom stereocenters. The first-order chi connectivity index (χ1) is 8.34. The summed E-state index contributed by atoms with van der Waals surface area (Å²) in [6, 6.07) is -0.564. The van der Waals surface area contributed by atoms with Gasteiger partial charge >= 0.3 is 0 Å². The Morgan fingerprint density at radius 1 is 1.56 bits per heavy atom. The molecule has 0 saturated carbocycles. The lowest BCUT2D eigenvalue weighted by Gasteiger charge is -2.25. The predicted molar refractivity (Wildman–Crippen MR) is 70.8 cm³/mol. The summed E-state index contributed by atoms with van der Waals surface area (Å²) in [5, 5.41) is 6.48. The van der Waals surface area contributed by atoms with Crippen LogP contribution in [0.5, 0.6) is 0 Å². The lowest BCUT2D eigenvalue weighted by atomic mass is 9.87. The first-order valence-electron chi connectivity index (χ1n) is 5.68. The zero-order valence-electron chi connectivity index (χ0n) is 11.2. The fourth-order valence-electron chi connectivity index (χ4n) is 1.22. The van der Waals surface area contributed by atoms with Gasteiger partial charge in [-0.15, -0.1) is 0 Å². The first kappa shape index (κ1) is 15.0. The minimum Gasteiger partial charge on any atom is -0.346 e. The third-order valence-corrected chi connectivity index (χ3v) is 2.96. The normalized spacial score (nSPS) is 13.4. The fourth-order valence-corrected chi connectivity index (χ4v) is 1.59. The van der Waals surface area contributed by atoms with Crippen LogP contribution >= 0.6 is 11.8 Å². The first-order valence-corrected chi connectivity index (χ1v) is 7.07. The second-order valence-electron chi connectivity index (χ2n) is 5.10. The summed E-state index contributed by atoms with van der Waals surface area (Å²) in [6.45, 7) is 5.96. The Morgan fingerprint density at radius 3 is 2.78 bits per heavy atom. The molecule has 0 aromatic carbocycles. The Labute approximate surface area is 111 Å². The van der Waals surface area contributed by atoms with E-state index in [0.717, 1.165) is 0 Å². The van der Waals surface area contributed by atoms with Gasteiger partial charge in [0.15, 0.2) is 5.82 Å². The van der Waals surface area contributed by atoms with E-state index in [2.05, 4.69) is 15.5 Å². The molecule has 0 aliphatic carbocycles. The molecule has 0 bridgehead atoms. The molecule has 7 heteroatoms. The zero-order valence-corrected chi connectivity index (χ0v) is 12.0. The summed E-state index contributed by atoms with van der Waals surface area (Å²) in [4.78, 5) is 15.9. The number of hydrogen-bond acceptors (Lipinski definition) is 6. The molecule has 0 unspecified atom stereocenters. The summed E-state index contributed by atoms with van der Waals surface area (Å²) in [7, 11) is 0. The quantitative estimate of drug-likeness (QED) is 0.828. The van der Waals surface area contributed by atoms with Crippen molar-refractivity contribution < 1.29 is 9.32 Å². The molecule has 102 valence electrons. The molecule has 0 saturated heterocycles. The Balaban J connectivity index is 2.47. The molecule has 0 aliphatic heterocycles. The van der Waals surface area contributed by atoms with E-state index >= 15 is 0 Å². The zero-order chi connectivity index (χ0) is 13.8. The van der Waals surface area contributed by atoms with Crippen molar-refractivity contribution >= 4 is 17.7 Å². The number of amides is 1. The number of aromatic nitrogens is 2. The van der Waals surface area contributed by atoms with E-state index in [1.165, 1.54) is 0 Å². The fraction of sp³-hybridized carbons (Fsp3) is 0.727. The molecule has 0 radical (unpaired) electrons. The van der Waals surface area contributed by atoms with Crippen LogP contribution in [0.1, 0.15) is 32.5 Å². The van der Waals surface area contributed by atoms with Crippen LogP contribution in [0.2, 0.25) is 0 Å². The maximum Gasteiger partial charge on any atom is 0.246 e. The standard InChI is InChI=1S/C11H20N4O2S/c1-11(2,3)9(12)10(16)13-5-8-14-7(6-18-4)15-17-8/h9H,5-6,12H2,1-4H3,(H,13,16)/t9-/m1/s1. The van der Waals surface area contributed by atoms with Gasteiger partial charge in [0.1, 0.15) is 0 Å². The van der Waals surface area contributed by atoms with Gasteiger partial charge in [0.25, 0.3) is 0 Å². The van der Waals surface area contributed by atoms with Crippen molar-refractivity contribution in [2.24, 2.45) is 11.1 Å². The third-order valence-electron chi connectivity index (χ3n) is 2.41. The number of carbonyl (C=O) groups excluding carboxylic acids is 1. The van der Waals surface area contributed by atoms with Crippen LogP contribution in [0.25, 0.3) is 0 Å². The van der Waals surface area contributed by atoms with Crippen molar-refractivity contribution in [2.45, 2.75) is 39.1 Å². The van der Waals surface area contributed by atoms with Crippen molar-refractivity contribution in [1.29, 1.82) is 0 Å². The van der Waals surface area contributed by atoms with Crippen molar-refractivity contribution in [1.82, 2.24) is 15.5 Å². The molecule has 0 aliphatic rings. The number of nitrogens with two attached hydrogens (primary N) is 1. The van der Waals surface area contributed by atoms with Crippen LogP contribution in [-0.2, 0) is 17.1 Å². The van der Waals surface area contributed by atoms with Crippen LogP contribution in [0, 0.1) is 5.41 Å². The number of nitrogens with one attached hydrogen (secondary N) is 1. The monoisotopic (exact) mass is 272 g/mol. The molecule has 1 heterocycles. The van der Waals surface area contributed by atoms with Crippen LogP contribution in [0.15, 0.2) is 4.52 Å². The highest BCUT2D eigenvalue weighted by Gasteiger charge is 2.27. The average Bonchev–Trinajstić information content (AvgIpc) is 2.72. The van der Waals surface area contributed by atoms with Crippen molar-refractivity contribution in [3.8, 4) is 0 Å². The van der Waals surface area contributed by atoms with Crippen LogP contribution < -0.4 is 11.1 Å². The van der Waals surface area contributed by atoms with E-state index in [-0.39, 0.29) is 17.9 Å². The molecule has 1 aromatic heterocycles. The van der Waals surface area contributed by atoms with E-state index in [1.54, 1.807) is 11.8 Å². The van der Waals surface area contributed by atoms with Gasteiger partial charge in [0.05, 0.1) is 18.3 Å². The molecular formula is C11H20N4O2S. The molecule has 1 amide bonds. The van der Waals surface area contributed by atoms with Gasteiger partial charge in [-0.25, -0.2) is 0 Å². The highest BCUT2D eigenvalue weighted by molar-refractivity contribution is 7.97. The van der Waals surface area contributed by atoms with E-state index in [4.69, 9.17) is 10.3 Å². The van der Waals surface area contributed by atoms with Crippen molar-refractivity contribution in [2.75, 3.05) is 6.26 Å². The van der Waals surface area contributed by atoms with Gasteiger partial charge < -0.3 is 15.6 Å². The second-order valence-corrected chi connectivity index (χ2v) is 5.96. The maximum absolute atomic E-state index is 11.8. The van der Waals surface area contributed by atoms with Crippen LogP contribution in [0.4, 0.5) is 0 Å². The van der Waals surface area contributed by atoms with Gasteiger partial charge in [-0.3, -0.25) is 4.79 Å². The third kappa shape index (κ3) is 4.30. The van der Waals surface area contributed by atoms with E-state index < -0.39 is 6.04 Å². The largest absolute Gasteiger partial charge is 0.346 e. The smallest absolute Gasteiger partial charge is 0.246 e. The van der Waals surface area contributed by atoms with E-state index in [9.17, 15) is 4.79 Å². The Bertz CT molecular complexity index is 400. The van der Waals surface area contributed by atoms with Crippen LogP contribution in [0.3, 0.4) is 0 Å². The van der Waals surface area contributed by atoms with Gasteiger partial charge in [-0.05, 0) is 11.7 Å². The minimum absolute atomic E-state index is 0.212. The van der Waals surface area contributed by atoms with Crippen molar-refractivity contribution in [3.63, 3.8) is 0 Å². The molecular weight excluding hydrogens is 252 g/mol. The highest BCUT2D eigenvalue weighted by Crippen LogP contribution is 2.17. The molecule has 0 spiro atoms. The molecule has 6 nitrogen and oxygen atoms in total. The predicted octanol–water partition coefficient (Wildman–Crippen LogP) is 0.922. The number of nitrogens with zero attached hydrogens (tertiary/aromatic N) is 2. The van der Waals surface area contributed by atoms with Crippen LogP contribution in [-0.4, -0.2) is 28.3 Å². The van der Waals surface area contributed by atoms with Gasteiger partial charge in [0.2, 0.25) is 11.8 Å². The Hall–Kier alpha value is -1.08. The van der Waals surface area contributed by atoms with Crippen molar-refractivity contribution in [3.05, 3.63) is 11.7 Å². The van der Waals surface area contributed by atoms with Gasteiger partial charge in [-0.1, -0.05) is 25.9 Å². The number of hydrogen-bond donors (Lipinski definition) is 2. The lowest BCUT2D eigenvalue weighted by Crippen LogP contribution is -2.48. The summed E-state index contributed by atoms with van der Waals surface area (Å²) < 4.78 is 5.00. The average molecular weight is 272 g/mol. The molecule has 3 N–H and O–H groups in total. The maximum atomic E-state index is 11.8. The number of carbonyl (C=O) groups is 1. The lowest BCUT2D eigenvalue weighted by molar-refractivity contribution is -0.124. The second kappa shape index (κ2) is 6.19. The molecule has 1 aromatic rings. The Morgan fingerprint density at radius 2 is 2.22 bits per heavy atom. The Kier molecular flexibility index (Phi) is 5.15. The summed E-state index contributed by atoms with van der Waals surface area (Å²) in [5.41, 5.74) is 5.55. The van der Waals surface area contributed by atoms with Gasteiger partial charge in [-0.2, -0.15) is 16.7 Å². The number of thioether (sulfide) groups is 1. The summed E-state index contributed by atoms with van der Waals surface area (Å²) in [6.07, 6.45) is 1.96. The topological polar surface area (TPSA) is 94.0 Å². The minimum atomic E-state index is -0.564. The van der Waals surface area contributed by atoms with E-state index in [1.807, 2.05) is 27.0 Å². The highest BCUT2D eigenvalue weighted by atomic mass is 32.2. The van der Waals surface area contributed by atoms with Gasteiger partial charge in [0, 0.05) is 0 Å². The molecule has 0 fully saturated rings. The van der Waals surface area contributed by atoms with E-state index in [0.29, 0.717) is 17.5 Å². The molecule has 18 heavy (non-hydrogen) atoms. The SMILES string of the molecule is CSCc1noc(CNC(=O)[C@@H](N)C(C)(C)C)n1. The molecule has 1 rings (SSSR count). The summed E-state index contributed by atoms with van der Waals surface area (Å²) >= 11 is 1.61. The number of rotatable bonds is 5.